The summed E-state index contributed by atoms with van der Waals surface area (Å²) in [4.78, 5) is 23.6. The average Bonchev–Trinajstić information content (AvgIpc) is 3.02. The predicted molar refractivity (Wildman–Crippen MR) is 97.1 cm³/mol. The lowest BCUT2D eigenvalue weighted by Crippen LogP contribution is -2.36. The van der Waals surface area contributed by atoms with Crippen molar-refractivity contribution in [2.45, 2.75) is 38.7 Å². The minimum atomic E-state index is -0.880. The van der Waals surface area contributed by atoms with Crippen molar-refractivity contribution in [3.63, 3.8) is 0 Å². The zero-order chi connectivity index (χ0) is 18.5. The van der Waals surface area contributed by atoms with E-state index >= 15 is 0 Å². The van der Waals surface area contributed by atoms with E-state index in [2.05, 4.69) is 11.9 Å². The summed E-state index contributed by atoms with van der Waals surface area (Å²) >= 11 is 0. The maximum absolute atomic E-state index is 11.9. The highest BCUT2D eigenvalue weighted by molar-refractivity contribution is 5.85. The number of benzene rings is 1. The highest BCUT2D eigenvalue weighted by atomic mass is 16.6. The fraction of sp³-hybridized carbons (Fsp3) is 0.400. The van der Waals surface area contributed by atoms with Crippen molar-refractivity contribution in [1.29, 1.82) is 0 Å². The van der Waals surface area contributed by atoms with Gasteiger partial charge in [-0.1, -0.05) is 6.08 Å². The third kappa shape index (κ3) is 4.07. The van der Waals surface area contributed by atoms with Crippen LogP contribution in [-0.4, -0.2) is 31.1 Å². The number of rotatable bonds is 7. The van der Waals surface area contributed by atoms with Crippen LogP contribution in [0, 0.1) is 0 Å². The van der Waals surface area contributed by atoms with E-state index in [1.807, 2.05) is 12.1 Å². The quantitative estimate of drug-likeness (QED) is 0.609. The summed E-state index contributed by atoms with van der Waals surface area (Å²) in [5.41, 5.74) is 2.09. The van der Waals surface area contributed by atoms with Gasteiger partial charge in [-0.15, -0.1) is 6.58 Å². The van der Waals surface area contributed by atoms with E-state index in [1.54, 1.807) is 12.1 Å². The Balaban J connectivity index is 1.58. The average molecular weight is 357 g/mol. The van der Waals surface area contributed by atoms with Gasteiger partial charge in [0.05, 0.1) is 0 Å². The molecule has 0 saturated carbocycles. The smallest absolute Gasteiger partial charge is 0.344 e. The third-order valence-corrected chi connectivity index (χ3v) is 4.38. The summed E-state index contributed by atoms with van der Waals surface area (Å²) in [5.74, 6) is 0.667. The first-order chi connectivity index (χ1) is 12.6. The van der Waals surface area contributed by atoms with Crippen molar-refractivity contribution >= 4 is 22.8 Å². The largest absolute Gasteiger partial charge is 0.482 e. The molecule has 1 amide bonds. The number of fused-ring (bicyclic) bond motifs is 3. The number of furan rings is 1. The Bertz CT molecular complexity index is 823. The van der Waals surface area contributed by atoms with Crippen molar-refractivity contribution < 1.29 is 23.5 Å². The van der Waals surface area contributed by atoms with Crippen molar-refractivity contribution in [1.82, 2.24) is 5.32 Å². The van der Waals surface area contributed by atoms with Crippen molar-refractivity contribution in [3.05, 3.63) is 42.2 Å². The van der Waals surface area contributed by atoms with Gasteiger partial charge in [0.25, 0.3) is 5.91 Å². The second-order valence-corrected chi connectivity index (χ2v) is 6.32. The molecule has 0 saturated heterocycles. The number of ether oxygens (including phenoxy) is 2. The molecule has 6 nitrogen and oxygen atoms in total. The highest BCUT2D eigenvalue weighted by Crippen LogP contribution is 2.33. The number of esters is 1. The Morgan fingerprint density at radius 2 is 2.15 bits per heavy atom. The van der Waals surface area contributed by atoms with E-state index in [1.165, 1.54) is 12.5 Å². The molecule has 0 spiro atoms. The number of carbonyl (C=O) groups excluding carboxylic acids is 2. The number of amides is 1. The van der Waals surface area contributed by atoms with Gasteiger partial charge >= 0.3 is 5.97 Å². The maximum Gasteiger partial charge on any atom is 0.344 e. The molecule has 1 aromatic carbocycles. The number of hydrogen-bond acceptors (Lipinski definition) is 5. The van der Waals surface area contributed by atoms with E-state index in [4.69, 9.17) is 13.9 Å². The summed E-state index contributed by atoms with van der Waals surface area (Å²) in [6, 6.07) is 5.53. The number of hydrogen-bond donors (Lipinski definition) is 1. The molecule has 1 aliphatic rings. The van der Waals surface area contributed by atoms with Crippen molar-refractivity contribution in [2.24, 2.45) is 0 Å². The summed E-state index contributed by atoms with van der Waals surface area (Å²) in [5, 5.41) is 3.62. The van der Waals surface area contributed by atoms with Crippen LogP contribution in [0.5, 0.6) is 5.75 Å². The van der Waals surface area contributed by atoms with Gasteiger partial charge in [0.2, 0.25) is 0 Å². The second kappa shape index (κ2) is 8.08. The normalized spacial score (nSPS) is 14.3. The molecule has 1 N–H and O–H groups in total. The van der Waals surface area contributed by atoms with Crippen LogP contribution in [0.2, 0.25) is 0 Å². The van der Waals surface area contributed by atoms with Gasteiger partial charge in [-0.2, -0.15) is 0 Å². The Labute approximate surface area is 152 Å². The lowest BCUT2D eigenvalue weighted by molar-refractivity contribution is -0.156. The van der Waals surface area contributed by atoms with E-state index in [-0.39, 0.29) is 12.5 Å². The summed E-state index contributed by atoms with van der Waals surface area (Å²) in [6.45, 7) is 5.09. The summed E-state index contributed by atoms with van der Waals surface area (Å²) in [6.07, 6.45) is 4.96. The molecule has 1 aromatic heterocycles. The van der Waals surface area contributed by atoms with Gasteiger partial charge in [-0.3, -0.25) is 4.79 Å². The SMILES string of the molecule is C=CCNC(=O)C(C)OC(=O)COc1ccc2oc3c(c2c1)CCCC3. The predicted octanol–water partition coefficient (Wildman–Crippen LogP) is 2.92. The van der Waals surface area contributed by atoms with E-state index in [0.29, 0.717) is 12.3 Å². The molecular weight excluding hydrogens is 334 g/mol. The number of nitrogens with one attached hydrogen (secondary N) is 1. The van der Waals surface area contributed by atoms with Gasteiger partial charge in [0, 0.05) is 23.9 Å². The van der Waals surface area contributed by atoms with Crippen LogP contribution >= 0.6 is 0 Å². The first-order valence-corrected chi connectivity index (χ1v) is 8.83. The van der Waals surface area contributed by atoms with E-state index in [0.717, 1.165) is 42.4 Å². The zero-order valence-corrected chi connectivity index (χ0v) is 14.9. The molecule has 1 unspecified atom stereocenters. The van der Waals surface area contributed by atoms with E-state index < -0.39 is 12.1 Å². The van der Waals surface area contributed by atoms with Crippen LogP contribution in [0.15, 0.2) is 35.3 Å². The molecule has 0 fully saturated rings. The molecule has 2 aromatic rings. The molecular formula is C20H23NO5. The first-order valence-electron chi connectivity index (χ1n) is 8.83. The Hall–Kier alpha value is -2.76. The fourth-order valence-corrected chi connectivity index (χ4v) is 3.08. The monoisotopic (exact) mass is 357 g/mol. The van der Waals surface area contributed by atoms with Crippen molar-refractivity contribution in [2.75, 3.05) is 13.2 Å². The van der Waals surface area contributed by atoms with E-state index in [9.17, 15) is 9.59 Å². The lowest BCUT2D eigenvalue weighted by atomic mass is 9.96. The maximum atomic E-state index is 11.9. The molecule has 0 radical (unpaired) electrons. The van der Waals surface area contributed by atoms with Gasteiger partial charge < -0.3 is 19.2 Å². The molecule has 26 heavy (non-hydrogen) atoms. The standard InChI is InChI=1S/C20H23NO5/c1-3-10-21-20(23)13(2)25-19(22)12-24-14-8-9-18-16(11-14)15-6-4-5-7-17(15)26-18/h3,8-9,11,13H,1,4-7,10,12H2,2H3,(H,21,23). The lowest BCUT2D eigenvalue weighted by Gasteiger charge is -2.13. The van der Waals surface area contributed by atoms with Crippen LogP contribution in [0.1, 0.15) is 31.1 Å². The minimum absolute atomic E-state index is 0.259. The van der Waals surface area contributed by atoms with Crippen LogP contribution in [-0.2, 0) is 27.2 Å². The first kappa shape index (κ1) is 18.0. The molecule has 1 heterocycles. The molecule has 0 aliphatic heterocycles. The van der Waals surface area contributed by atoms with Gasteiger partial charge in [-0.25, -0.2) is 4.79 Å². The molecule has 6 heteroatoms. The van der Waals surface area contributed by atoms with Gasteiger partial charge in [0.15, 0.2) is 12.7 Å². The van der Waals surface area contributed by atoms with Gasteiger partial charge in [-0.05, 0) is 44.4 Å². The van der Waals surface area contributed by atoms with Gasteiger partial charge in [0.1, 0.15) is 17.1 Å². The molecule has 0 bridgehead atoms. The summed E-state index contributed by atoms with van der Waals surface area (Å²) in [7, 11) is 0. The minimum Gasteiger partial charge on any atom is -0.482 e. The molecule has 3 rings (SSSR count). The Morgan fingerprint density at radius 1 is 1.35 bits per heavy atom. The number of carbonyl (C=O) groups is 2. The Morgan fingerprint density at radius 3 is 2.96 bits per heavy atom. The third-order valence-electron chi connectivity index (χ3n) is 4.38. The molecule has 138 valence electrons. The fourth-order valence-electron chi connectivity index (χ4n) is 3.08. The second-order valence-electron chi connectivity index (χ2n) is 6.32. The van der Waals surface area contributed by atoms with Crippen molar-refractivity contribution in [3.8, 4) is 5.75 Å². The highest BCUT2D eigenvalue weighted by Gasteiger charge is 2.19. The van der Waals surface area contributed by atoms with Crippen LogP contribution in [0.25, 0.3) is 11.0 Å². The zero-order valence-electron chi connectivity index (χ0n) is 14.9. The topological polar surface area (TPSA) is 77.8 Å². The molecule has 1 aliphatic carbocycles. The molecule has 1 atom stereocenters. The van der Waals surface area contributed by atoms with Crippen LogP contribution in [0.4, 0.5) is 0 Å². The summed E-state index contributed by atoms with van der Waals surface area (Å²) < 4.78 is 16.5. The van der Waals surface area contributed by atoms with Crippen LogP contribution in [0.3, 0.4) is 0 Å². The number of aryl methyl sites for hydroxylation is 2. The van der Waals surface area contributed by atoms with Crippen LogP contribution < -0.4 is 10.1 Å². The Kier molecular flexibility index (Phi) is 5.61.